The van der Waals surface area contributed by atoms with E-state index >= 15 is 0 Å². The highest BCUT2D eigenvalue weighted by molar-refractivity contribution is 5.99. The topological polar surface area (TPSA) is 78.7 Å². The number of rotatable bonds is 4. The molecule has 0 unspecified atom stereocenters. The van der Waals surface area contributed by atoms with Crippen molar-refractivity contribution in [3.63, 3.8) is 0 Å². The zero-order valence-electron chi connectivity index (χ0n) is 14.2. The van der Waals surface area contributed by atoms with E-state index in [4.69, 9.17) is 0 Å². The summed E-state index contributed by atoms with van der Waals surface area (Å²) in [7, 11) is 0. The van der Waals surface area contributed by atoms with Crippen LogP contribution in [0.1, 0.15) is 37.0 Å². The van der Waals surface area contributed by atoms with Gasteiger partial charge in [0.05, 0.1) is 4.92 Å². The van der Waals surface area contributed by atoms with Gasteiger partial charge in [-0.05, 0) is 38.8 Å². The number of benzene rings is 1. The van der Waals surface area contributed by atoms with Crippen molar-refractivity contribution in [2.24, 2.45) is 0 Å². The standard InChI is InChI=1S/C17H24N4O3/c1-12(2)18-17(22)15-11-14(3-4-16(15)21(23)24)20-10-9-19-7-5-13(20)6-8-19/h3-4,11-13H,5-10H2,1-2H3,(H,18,22). The molecule has 3 saturated heterocycles. The Morgan fingerprint density at radius 3 is 2.58 bits per heavy atom. The Labute approximate surface area is 141 Å². The van der Waals surface area contributed by atoms with Gasteiger partial charge in [-0.15, -0.1) is 0 Å². The molecule has 7 heteroatoms. The fourth-order valence-electron chi connectivity index (χ4n) is 3.61. The lowest BCUT2D eigenvalue weighted by Crippen LogP contribution is -2.38. The van der Waals surface area contributed by atoms with Crippen molar-refractivity contribution in [1.82, 2.24) is 10.2 Å². The summed E-state index contributed by atoms with van der Waals surface area (Å²) in [6.45, 7) is 7.80. The van der Waals surface area contributed by atoms with Crippen LogP contribution in [-0.4, -0.2) is 54.0 Å². The van der Waals surface area contributed by atoms with E-state index in [1.54, 1.807) is 12.1 Å². The molecule has 3 heterocycles. The van der Waals surface area contributed by atoms with Crippen LogP contribution in [0.5, 0.6) is 0 Å². The van der Waals surface area contributed by atoms with Gasteiger partial charge in [0.25, 0.3) is 11.6 Å². The van der Waals surface area contributed by atoms with E-state index in [0.717, 1.165) is 44.7 Å². The molecule has 1 N–H and O–H groups in total. The van der Waals surface area contributed by atoms with Crippen LogP contribution in [0, 0.1) is 10.1 Å². The third-order valence-electron chi connectivity index (χ3n) is 4.83. The second-order valence-electron chi connectivity index (χ2n) is 6.85. The molecule has 3 aliphatic heterocycles. The number of nitrogens with zero attached hydrogens (tertiary/aromatic N) is 3. The monoisotopic (exact) mass is 332 g/mol. The second kappa shape index (κ2) is 6.76. The number of carbonyl (C=O) groups excluding carboxylic acids is 1. The van der Waals surface area contributed by atoms with E-state index < -0.39 is 4.92 Å². The van der Waals surface area contributed by atoms with Crippen molar-refractivity contribution >= 4 is 17.3 Å². The van der Waals surface area contributed by atoms with Crippen LogP contribution >= 0.6 is 0 Å². The molecule has 0 atom stereocenters. The number of carbonyl (C=O) groups is 1. The van der Waals surface area contributed by atoms with Gasteiger partial charge in [-0.25, -0.2) is 0 Å². The largest absolute Gasteiger partial charge is 0.367 e. The third kappa shape index (κ3) is 3.36. The minimum atomic E-state index is -0.487. The van der Waals surface area contributed by atoms with Crippen molar-refractivity contribution in [1.29, 1.82) is 0 Å². The van der Waals surface area contributed by atoms with Crippen molar-refractivity contribution in [2.75, 3.05) is 31.1 Å². The number of fused-ring (bicyclic) bond motifs is 4. The van der Waals surface area contributed by atoms with E-state index in [9.17, 15) is 14.9 Å². The maximum Gasteiger partial charge on any atom is 0.282 e. The lowest BCUT2D eigenvalue weighted by molar-refractivity contribution is -0.385. The number of anilines is 1. The molecule has 0 spiro atoms. The molecule has 4 rings (SSSR count). The van der Waals surface area contributed by atoms with Crippen molar-refractivity contribution in [3.05, 3.63) is 33.9 Å². The average molecular weight is 332 g/mol. The summed E-state index contributed by atoms with van der Waals surface area (Å²) in [5.74, 6) is -0.388. The minimum Gasteiger partial charge on any atom is -0.367 e. The highest BCUT2D eigenvalue weighted by Gasteiger charge is 2.30. The maximum atomic E-state index is 12.4. The average Bonchev–Trinajstić information content (AvgIpc) is 2.87. The molecule has 1 aromatic carbocycles. The highest BCUT2D eigenvalue weighted by atomic mass is 16.6. The number of amides is 1. The van der Waals surface area contributed by atoms with Gasteiger partial charge in [0.1, 0.15) is 5.56 Å². The van der Waals surface area contributed by atoms with Crippen LogP contribution in [0.4, 0.5) is 11.4 Å². The van der Waals surface area contributed by atoms with Crippen molar-refractivity contribution < 1.29 is 9.72 Å². The summed E-state index contributed by atoms with van der Waals surface area (Å²) < 4.78 is 0. The Hall–Kier alpha value is -2.15. The first kappa shape index (κ1) is 16.7. The lowest BCUT2D eigenvalue weighted by atomic mass is 10.0. The van der Waals surface area contributed by atoms with Crippen LogP contribution in [0.25, 0.3) is 0 Å². The summed E-state index contributed by atoms with van der Waals surface area (Å²) >= 11 is 0. The SMILES string of the molecule is CC(C)NC(=O)c1cc(N2CCN3CCC2CC3)ccc1[N+](=O)[O-]. The van der Waals surface area contributed by atoms with Gasteiger partial charge in [0.2, 0.25) is 0 Å². The maximum absolute atomic E-state index is 12.4. The smallest absolute Gasteiger partial charge is 0.282 e. The van der Waals surface area contributed by atoms with Gasteiger partial charge in [0.15, 0.2) is 0 Å². The molecule has 0 aromatic heterocycles. The van der Waals surface area contributed by atoms with Gasteiger partial charge in [0, 0.05) is 50.0 Å². The molecule has 1 aromatic rings. The minimum absolute atomic E-state index is 0.0673. The van der Waals surface area contributed by atoms with Crippen LogP contribution < -0.4 is 10.2 Å². The summed E-state index contributed by atoms with van der Waals surface area (Å²) in [5.41, 5.74) is 0.910. The summed E-state index contributed by atoms with van der Waals surface area (Å²) in [5, 5.41) is 14.0. The predicted molar refractivity (Wildman–Crippen MR) is 92.5 cm³/mol. The van der Waals surface area contributed by atoms with Crippen LogP contribution in [0.3, 0.4) is 0 Å². The number of nitro benzene ring substituents is 1. The van der Waals surface area contributed by atoms with E-state index in [1.807, 2.05) is 13.8 Å². The molecule has 0 radical (unpaired) electrons. The molecule has 7 nitrogen and oxygen atoms in total. The molecule has 1 amide bonds. The number of piperidine rings is 1. The summed E-state index contributed by atoms with van der Waals surface area (Å²) in [6.07, 6.45) is 2.20. The first-order valence-electron chi connectivity index (χ1n) is 8.54. The number of hydrogen-bond donors (Lipinski definition) is 1. The zero-order chi connectivity index (χ0) is 17.3. The van der Waals surface area contributed by atoms with Gasteiger partial charge in [-0.3, -0.25) is 14.9 Å². The molecule has 2 bridgehead atoms. The molecule has 3 fully saturated rings. The third-order valence-corrected chi connectivity index (χ3v) is 4.83. The molecule has 130 valence electrons. The summed E-state index contributed by atoms with van der Waals surface area (Å²) in [4.78, 5) is 28.0. The number of hydrogen-bond acceptors (Lipinski definition) is 5. The lowest BCUT2D eigenvalue weighted by Gasteiger charge is -2.33. The van der Waals surface area contributed by atoms with E-state index in [-0.39, 0.29) is 23.2 Å². The number of nitro groups is 1. The van der Waals surface area contributed by atoms with Crippen LogP contribution in [0.15, 0.2) is 18.2 Å². The van der Waals surface area contributed by atoms with Crippen molar-refractivity contribution in [3.8, 4) is 0 Å². The van der Waals surface area contributed by atoms with Gasteiger partial charge < -0.3 is 15.1 Å². The molecular weight excluding hydrogens is 308 g/mol. The van der Waals surface area contributed by atoms with E-state index in [1.165, 1.54) is 6.07 Å². The highest BCUT2D eigenvalue weighted by Crippen LogP contribution is 2.30. The van der Waals surface area contributed by atoms with Crippen molar-refractivity contribution in [2.45, 2.75) is 38.8 Å². The first-order valence-corrected chi connectivity index (χ1v) is 8.54. The van der Waals surface area contributed by atoms with Gasteiger partial charge in [-0.1, -0.05) is 0 Å². The second-order valence-corrected chi connectivity index (χ2v) is 6.85. The first-order chi connectivity index (χ1) is 11.5. The molecule has 3 aliphatic rings. The number of nitrogens with one attached hydrogen (secondary N) is 1. The Morgan fingerprint density at radius 1 is 1.25 bits per heavy atom. The predicted octanol–water partition coefficient (Wildman–Crippen LogP) is 2.02. The molecule has 0 saturated carbocycles. The Bertz CT molecular complexity index is 639. The van der Waals surface area contributed by atoms with Crippen LogP contribution in [0.2, 0.25) is 0 Å². The Kier molecular flexibility index (Phi) is 4.71. The quantitative estimate of drug-likeness (QED) is 0.674. The van der Waals surface area contributed by atoms with Gasteiger partial charge in [-0.2, -0.15) is 0 Å². The Morgan fingerprint density at radius 2 is 1.96 bits per heavy atom. The van der Waals surface area contributed by atoms with Gasteiger partial charge >= 0.3 is 0 Å². The van der Waals surface area contributed by atoms with Crippen LogP contribution in [-0.2, 0) is 0 Å². The van der Waals surface area contributed by atoms with E-state index in [2.05, 4.69) is 15.1 Å². The molecular formula is C17H24N4O3. The summed E-state index contributed by atoms with van der Waals surface area (Å²) in [6, 6.07) is 5.30. The fourth-order valence-corrected chi connectivity index (χ4v) is 3.61. The molecule has 0 aliphatic carbocycles. The normalized spacial score (nSPS) is 23.2. The molecule has 24 heavy (non-hydrogen) atoms. The van der Waals surface area contributed by atoms with E-state index in [0.29, 0.717) is 6.04 Å². The Balaban J connectivity index is 1.94. The zero-order valence-corrected chi connectivity index (χ0v) is 14.2. The fraction of sp³-hybridized carbons (Fsp3) is 0.588.